The van der Waals surface area contributed by atoms with Gasteiger partial charge in [-0.25, -0.2) is 13.2 Å². The van der Waals surface area contributed by atoms with E-state index < -0.39 is 12.1 Å². The van der Waals surface area contributed by atoms with Crippen LogP contribution in [0.15, 0.2) is 18.2 Å². The topological polar surface area (TPSA) is 9.23 Å². The first-order chi connectivity index (χ1) is 7.95. The zero-order chi connectivity index (χ0) is 13.1. The molecule has 0 saturated carbocycles. The summed E-state index contributed by atoms with van der Waals surface area (Å²) in [6.07, 6.45) is -2.81. The molecule has 1 aromatic carbocycles. The van der Waals surface area contributed by atoms with Gasteiger partial charge in [0.2, 0.25) is 0 Å². The minimum absolute atomic E-state index is 0.0625. The van der Waals surface area contributed by atoms with Gasteiger partial charge in [0.15, 0.2) is 5.67 Å². The van der Waals surface area contributed by atoms with E-state index in [9.17, 15) is 13.2 Å². The third-order valence-corrected chi connectivity index (χ3v) is 2.82. The van der Waals surface area contributed by atoms with Crippen LogP contribution in [-0.4, -0.2) is 19.4 Å². The predicted molar refractivity (Wildman–Crippen MR) is 61.9 cm³/mol. The summed E-state index contributed by atoms with van der Waals surface area (Å²) >= 11 is 5.60. The van der Waals surface area contributed by atoms with E-state index in [1.165, 1.54) is 19.2 Å². The van der Waals surface area contributed by atoms with Gasteiger partial charge in [-0.05, 0) is 19.4 Å². The van der Waals surface area contributed by atoms with Crippen LogP contribution in [0.5, 0.6) is 5.75 Å². The van der Waals surface area contributed by atoms with Gasteiger partial charge in [-0.15, -0.1) is 11.6 Å². The Morgan fingerprint density at radius 3 is 2.53 bits per heavy atom. The fraction of sp³-hybridized carbons (Fsp3) is 0.500. The van der Waals surface area contributed by atoms with E-state index in [2.05, 4.69) is 0 Å². The molecule has 17 heavy (non-hydrogen) atoms. The number of ether oxygens (including phenoxy) is 1. The van der Waals surface area contributed by atoms with E-state index in [0.29, 0.717) is 11.3 Å². The zero-order valence-electron chi connectivity index (χ0n) is 9.64. The Morgan fingerprint density at radius 1 is 1.41 bits per heavy atom. The Balaban J connectivity index is 3.32. The van der Waals surface area contributed by atoms with E-state index in [4.69, 9.17) is 16.3 Å². The molecule has 1 aromatic rings. The molecule has 0 N–H and O–H groups in total. The number of rotatable bonds is 5. The molecule has 0 aliphatic heterocycles. The van der Waals surface area contributed by atoms with E-state index in [1.807, 2.05) is 0 Å². The van der Waals surface area contributed by atoms with Crippen molar-refractivity contribution < 1.29 is 17.9 Å². The van der Waals surface area contributed by atoms with Gasteiger partial charge < -0.3 is 4.74 Å². The Kier molecular flexibility index (Phi) is 4.69. The summed E-state index contributed by atoms with van der Waals surface area (Å²) in [5, 5.41) is 0. The van der Waals surface area contributed by atoms with Crippen LogP contribution in [0, 0.1) is 0 Å². The smallest absolute Gasteiger partial charge is 0.275 e. The van der Waals surface area contributed by atoms with Crippen LogP contribution in [0.3, 0.4) is 0 Å². The molecule has 5 heteroatoms. The SMILES string of the molecule is COc1cccc(C(C)(F)C(F)F)c1CCCl. The van der Waals surface area contributed by atoms with Crippen LogP contribution >= 0.6 is 11.6 Å². The molecule has 0 radical (unpaired) electrons. The monoisotopic (exact) mass is 266 g/mol. The van der Waals surface area contributed by atoms with Crippen LogP contribution < -0.4 is 4.74 Å². The van der Waals surface area contributed by atoms with Gasteiger partial charge in [0.1, 0.15) is 5.75 Å². The lowest BCUT2D eigenvalue weighted by Gasteiger charge is -2.24. The second-order valence-corrected chi connectivity index (χ2v) is 4.18. The second kappa shape index (κ2) is 5.63. The van der Waals surface area contributed by atoms with Crippen LogP contribution in [-0.2, 0) is 12.1 Å². The van der Waals surface area contributed by atoms with E-state index in [-0.39, 0.29) is 17.9 Å². The van der Waals surface area contributed by atoms with E-state index >= 15 is 0 Å². The molecular weight excluding hydrogens is 253 g/mol. The third kappa shape index (κ3) is 2.86. The Bertz CT molecular complexity index is 380. The highest BCUT2D eigenvalue weighted by atomic mass is 35.5. The molecule has 0 amide bonds. The first-order valence-corrected chi connectivity index (χ1v) is 5.68. The van der Waals surface area contributed by atoms with Crippen molar-refractivity contribution in [2.75, 3.05) is 13.0 Å². The van der Waals surface area contributed by atoms with Crippen molar-refractivity contribution in [2.45, 2.75) is 25.4 Å². The number of methoxy groups -OCH3 is 1. The summed E-state index contributed by atoms with van der Waals surface area (Å²) in [5.74, 6) is 0.597. The summed E-state index contributed by atoms with van der Waals surface area (Å²) in [6.45, 7) is 0.865. The molecule has 0 heterocycles. The van der Waals surface area contributed by atoms with Crippen molar-refractivity contribution >= 4 is 11.6 Å². The fourth-order valence-corrected chi connectivity index (χ4v) is 1.87. The van der Waals surface area contributed by atoms with Gasteiger partial charge in [0.05, 0.1) is 7.11 Å². The number of benzene rings is 1. The molecule has 0 aromatic heterocycles. The number of hydrogen-bond donors (Lipinski definition) is 0. The van der Waals surface area contributed by atoms with Crippen LogP contribution in [0.2, 0.25) is 0 Å². The molecule has 0 saturated heterocycles. The first-order valence-electron chi connectivity index (χ1n) is 5.14. The summed E-state index contributed by atoms with van der Waals surface area (Å²) in [7, 11) is 1.41. The average Bonchev–Trinajstić information content (AvgIpc) is 2.29. The molecule has 1 atom stereocenters. The zero-order valence-corrected chi connectivity index (χ0v) is 10.4. The van der Waals surface area contributed by atoms with Crippen molar-refractivity contribution in [3.63, 3.8) is 0 Å². The van der Waals surface area contributed by atoms with Gasteiger partial charge in [-0.2, -0.15) is 0 Å². The number of halogens is 4. The van der Waals surface area contributed by atoms with Gasteiger partial charge in [-0.3, -0.25) is 0 Å². The summed E-state index contributed by atoms with van der Waals surface area (Å²) in [4.78, 5) is 0. The van der Waals surface area contributed by atoms with Crippen molar-refractivity contribution in [3.8, 4) is 5.75 Å². The first kappa shape index (κ1) is 14.2. The Morgan fingerprint density at radius 2 is 2.06 bits per heavy atom. The van der Waals surface area contributed by atoms with Crippen LogP contribution in [0.25, 0.3) is 0 Å². The van der Waals surface area contributed by atoms with Crippen LogP contribution in [0.4, 0.5) is 13.2 Å². The predicted octanol–water partition coefficient (Wildman–Crippen LogP) is 3.93. The quantitative estimate of drug-likeness (QED) is 0.734. The summed E-state index contributed by atoms with van der Waals surface area (Å²) in [5.41, 5.74) is -2.36. The molecule has 0 bridgehead atoms. The normalized spacial score (nSPS) is 14.8. The van der Waals surface area contributed by atoms with Crippen molar-refractivity contribution in [1.82, 2.24) is 0 Å². The molecule has 1 nitrogen and oxygen atoms in total. The fourth-order valence-electron chi connectivity index (χ4n) is 1.68. The van der Waals surface area contributed by atoms with Gasteiger partial charge >= 0.3 is 0 Å². The minimum Gasteiger partial charge on any atom is -0.496 e. The second-order valence-electron chi connectivity index (χ2n) is 3.80. The van der Waals surface area contributed by atoms with Crippen molar-refractivity contribution in [1.29, 1.82) is 0 Å². The minimum atomic E-state index is -3.09. The molecule has 0 aliphatic rings. The summed E-state index contributed by atoms with van der Waals surface area (Å²) < 4.78 is 44.5. The van der Waals surface area contributed by atoms with Crippen molar-refractivity contribution in [3.05, 3.63) is 29.3 Å². The van der Waals surface area contributed by atoms with E-state index in [0.717, 1.165) is 6.92 Å². The van der Waals surface area contributed by atoms with Gasteiger partial charge in [0, 0.05) is 17.0 Å². The van der Waals surface area contributed by atoms with Gasteiger partial charge in [0.25, 0.3) is 6.43 Å². The average molecular weight is 267 g/mol. The van der Waals surface area contributed by atoms with Gasteiger partial charge in [-0.1, -0.05) is 12.1 Å². The molecular formula is C12H14ClF3O. The third-order valence-electron chi connectivity index (χ3n) is 2.63. The standard InChI is InChI=1S/C12H14ClF3O/c1-12(16,11(14)15)9-4-3-5-10(17-2)8(9)6-7-13/h3-5,11H,6-7H2,1-2H3. The highest BCUT2D eigenvalue weighted by Gasteiger charge is 2.39. The van der Waals surface area contributed by atoms with E-state index in [1.54, 1.807) is 6.07 Å². The lowest BCUT2D eigenvalue weighted by Crippen LogP contribution is -2.27. The lowest BCUT2D eigenvalue weighted by molar-refractivity contribution is -0.0264. The molecule has 1 unspecified atom stereocenters. The Labute approximate surface area is 104 Å². The highest BCUT2D eigenvalue weighted by Crippen LogP contribution is 2.38. The largest absolute Gasteiger partial charge is 0.496 e. The molecule has 96 valence electrons. The molecule has 0 fully saturated rings. The Hall–Kier alpha value is -0.900. The maximum atomic E-state index is 14.0. The van der Waals surface area contributed by atoms with Crippen molar-refractivity contribution in [2.24, 2.45) is 0 Å². The number of alkyl halides is 4. The number of hydrogen-bond acceptors (Lipinski definition) is 1. The highest BCUT2D eigenvalue weighted by molar-refractivity contribution is 6.18. The molecule has 0 aliphatic carbocycles. The van der Waals surface area contributed by atoms with Crippen LogP contribution in [0.1, 0.15) is 18.1 Å². The maximum Gasteiger partial charge on any atom is 0.275 e. The molecule has 0 spiro atoms. The lowest BCUT2D eigenvalue weighted by atomic mass is 9.91. The maximum absolute atomic E-state index is 14.0. The molecule has 1 rings (SSSR count). The summed E-state index contributed by atoms with van der Waals surface area (Å²) in [6, 6.07) is 4.44.